The zero-order chi connectivity index (χ0) is 12.8. The van der Waals surface area contributed by atoms with Gasteiger partial charge < -0.3 is 10.4 Å². The lowest BCUT2D eigenvalue weighted by molar-refractivity contribution is 0.223. The fourth-order valence-corrected chi connectivity index (χ4v) is 1.72. The van der Waals surface area contributed by atoms with Crippen molar-refractivity contribution in [3.8, 4) is 0 Å². The summed E-state index contributed by atoms with van der Waals surface area (Å²) in [5, 5.41) is 12.2. The third-order valence-electron chi connectivity index (χ3n) is 2.57. The maximum absolute atomic E-state index is 13.3. The molecule has 1 aromatic rings. The highest BCUT2D eigenvalue weighted by atomic mass is 19.1. The first-order chi connectivity index (χ1) is 8.02. The molecule has 0 saturated carbocycles. The summed E-state index contributed by atoms with van der Waals surface area (Å²) in [6.07, 6.45) is 0.799. The lowest BCUT2D eigenvalue weighted by Crippen LogP contribution is -2.33. The molecule has 0 aliphatic heterocycles. The fraction of sp³-hybridized carbons (Fsp3) is 0.538. The molecule has 2 N–H and O–H groups in total. The Kier molecular flexibility index (Phi) is 5.51. The van der Waals surface area contributed by atoms with Crippen molar-refractivity contribution >= 4 is 0 Å². The van der Waals surface area contributed by atoms with Crippen LogP contribution in [0.2, 0.25) is 0 Å². The van der Waals surface area contributed by atoms with Crippen LogP contribution in [0.1, 0.15) is 25.8 Å². The van der Waals surface area contributed by atoms with Gasteiger partial charge in [0.2, 0.25) is 0 Å². The molecular formula is C13H19F2NO. The highest BCUT2D eigenvalue weighted by Crippen LogP contribution is 2.11. The molecule has 0 heterocycles. The Labute approximate surface area is 101 Å². The highest BCUT2D eigenvalue weighted by Gasteiger charge is 2.10. The number of aliphatic hydroxyl groups excluding tert-OH is 1. The van der Waals surface area contributed by atoms with Crippen LogP contribution in [0.5, 0.6) is 0 Å². The maximum Gasteiger partial charge on any atom is 0.127 e. The van der Waals surface area contributed by atoms with Gasteiger partial charge in [-0.1, -0.05) is 13.8 Å². The molecule has 0 spiro atoms. The van der Waals surface area contributed by atoms with Crippen LogP contribution in [0, 0.1) is 17.6 Å². The molecule has 0 radical (unpaired) electrons. The quantitative estimate of drug-likeness (QED) is 0.804. The van der Waals surface area contributed by atoms with E-state index in [0.29, 0.717) is 5.92 Å². The van der Waals surface area contributed by atoms with E-state index >= 15 is 0 Å². The van der Waals surface area contributed by atoms with Crippen LogP contribution in [0.15, 0.2) is 18.2 Å². The van der Waals surface area contributed by atoms with Gasteiger partial charge in [0, 0.05) is 18.2 Å². The molecule has 0 aliphatic carbocycles. The third kappa shape index (κ3) is 4.79. The Hall–Kier alpha value is -1.00. The van der Waals surface area contributed by atoms with E-state index in [0.717, 1.165) is 18.6 Å². The van der Waals surface area contributed by atoms with Crippen molar-refractivity contribution in [3.05, 3.63) is 35.4 Å². The fourth-order valence-electron chi connectivity index (χ4n) is 1.72. The number of hydrogen-bond acceptors (Lipinski definition) is 2. The topological polar surface area (TPSA) is 32.3 Å². The molecule has 17 heavy (non-hydrogen) atoms. The molecule has 0 bridgehead atoms. The van der Waals surface area contributed by atoms with E-state index in [9.17, 15) is 8.78 Å². The number of aliphatic hydroxyl groups is 1. The zero-order valence-corrected chi connectivity index (χ0v) is 10.2. The summed E-state index contributed by atoms with van der Waals surface area (Å²) in [6, 6.07) is 3.29. The average Bonchev–Trinajstić information content (AvgIpc) is 2.28. The summed E-state index contributed by atoms with van der Waals surface area (Å²) in [5.74, 6) is -0.440. The second-order valence-electron chi connectivity index (χ2n) is 4.63. The van der Waals surface area contributed by atoms with Crippen molar-refractivity contribution < 1.29 is 13.9 Å². The van der Waals surface area contributed by atoms with E-state index in [2.05, 4.69) is 5.32 Å². The Morgan fingerprint density at radius 1 is 1.29 bits per heavy atom. The molecule has 1 rings (SSSR count). The van der Waals surface area contributed by atoms with Gasteiger partial charge in [-0.15, -0.1) is 0 Å². The lowest BCUT2D eigenvalue weighted by atomic mass is 10.0. The zero-order valence-electron chi connectivity index (χ0n) is 10.2. The molecule has 1 atom stereocenters. The van der Waals surface area contributed by atoms with Crippen LogP contribution in [0.25, 0.3) is 0 Å². The Morgan fingerprint density at radius 3 is 2.59 bits per heavy atom. The third-order valence-corrected chi connectivity index (χ3v) is 2.57. The highest BCUT2D eigenvalue weighted by molar-refractivity contribution is 5.18. The number of hydrogen-bond donors (Lipinski definition) is 2. The van der Waals surface area contributed by atoms with Gasteiger partial charge in [0.1, 0.15) is 11.6 Å². The van der Waals surface area contributed by atoms with E-state index < -0.39 is 11.6 Å². The van der Waals surface area contributed by atoms with E-state index in [4.69, 9.17) is 5.11 Å². The Balaban J connectivity index is 2.56. The van der Waals surface area contributed by atoms with Crippen molar-refractivity contribution in [2.45, 2.75) is 32.9 Å². The minimum Gasteiger partial charge on any atom is -0.395 e. The SMILES string of the molecule is CC(C)CC(CO)NCc1cc(F)ccc1F. The molecule has 0 saturated heterocycles. The van der Waals surface area contributed by atoms with Gasteiger partial charge in [0.05, 0.1) is 6.61 Å². The molecule has 0 amide bonds. The van der Waals surface area contributed by atoms with E-state index in [1.165, 1.54) is 6.07 Å². The first-order valence-corrected chi connectivity index (χ1v) is 5.81. The number of benzene rings is 1. The Morgan fingerprint density at radius 2 is 2.00 bits per heavy atom. The summed E-state index contributed by atoms with van der Waals surface area (Å²) in [5.41, 5.74) is 0.284. The smallest absolute Gasteiger partial charge is 0.127 e. The maximum atomic E-state index is 13.3. The van der Waals surface area contributed by atoms with Crippen molar-refractivity contribution in [2.75, 3.05) is 6.61 Å². The molecule has 1 aromatic carbocycles. The van der Waals surface area contributed by atoms with Gasteiger partial charge in [-0.25, -0.2) is 8.78 Å². The van der Waals surface area contributed by atoms with Crippen LogP contribution in [-0.4, -0.2) is 17.8 Å². The van der Waals surface area contributed by atoms with Crippen LogP contribution in [0.3, 0.4) is 0 Å². The van der Waals surface area contributed by atoms with Gasteiger partial charge in [0.25, 0.3) is 0 Å². The second kappa shape index (κ2) is 6.67. The molecule has 0 aliphatic rings. The predicted molar refractivity (Wildman–Crippen MR) is 63.5 cm³/mol. The van der Waals surface area contributed by atoms with Crippen molar-refractivity contribution in [1.29, 1.82) is 0 Å². The molecule has 4 heteroatoms. The standard InChI is InChI=1S/C13H19F2NO/c1-9(2)5-12(8-17)16-7-10-6-11(14)3-4-13(10)15/h3-4,6,9,12,16-17H,5,7-8H2,1-2H3. The molecule has 0 fully saturated rings. The summed E-state index contributed by atoms with van der Waals surface area (Å²) < 4.78 is 26.2. The summed E-state index contributed by atoms with van der Waals surface area (Å²) in [4.78, 5) is 0. The van der Waals surface area contributed by atoms with Crippen molar-refractivity contribution in [1.82, 2.24) is 5.32 Å². The molecular weight excluding hydrogens is 224 g/mol. The van der Waals surface area contributed by atoms with E-state index in [1.807, 2.05) is 13.8 Å². The Bertz CT molecular complexity index is 355. The van der Waals surface area contributed by atoms with E-state index in [1.54, 1.807) is 0 Å². The van der Waals surface area contributed by atoms with Crippen molar-refractivity contribution in [3.63, 3.8) is 0 Å². The number of nitrogens with one attached hydrogen (secondary N) is 1. The monoisotopic (exact) mass is 243 g/mol. The number of halogens is 2. The van der Waals surface area contributed by atoms with Crippen LogP contribution in [-0.2, 0) is 6.54 Å². The molecule has 0 aromatic heterocycles. The summed E-state index contributed by atoms with van der Waals surface area (Å²) >= 11 is 0. The van der Waals surface area contributed by atoms with Gasteiger partial charge in [-0.2, -0.15) is 0 Å². The van der Waals surface area contributed by atoms with Crippen LogP contribution in [0.4, 0.5) is 8.78 Å². The van der Waals surface area contributed by atoms with Gasteiger partial charge in [-0.05, 0) is 30.5 Å². The molecule has 2 nitrogen and oxygen atoms in total. The van der Waals surface area contributed by atoms with Gasteiger partial charge in [-0.3, -0.25) is 0 Å². The largest absolute Gasteiger partial charge is 0.395 e. The predicted octanol–water partition coefficient (Wildman–Crippen LogP) is 2.46. The first-order valence-electron chi connectivity index (χ1n) is 5.81. The number of rotatable bonds is 6. The molecule has 96 valence electrons. The second-order valence-corrected chi connectivity index (χ2v) is 4.63. The minimum absolute atomic E-state index is 0.00485. The van der Waals surface area contributed by atoms with Crippen LogP contribution < -0.4 is 5.32 Å². The average molecular weight is 243 g/mol. The van der Waals surface area contributed by atoms with Crippen molar-refractivity contribution in [2.24, 2.45) is 5.92 Å². The summed E-state index contributed by atoms with van der Waals surface area (Å²) in [7, 11) is 0. The lowest BCUT2D eigenvalue weighted by Gasteiger charge is -2.18. The first kappa shape index (κ1) is 14.1. The normalized spacial score (nSPS) is 13.1. The van der Waals surface area contributed by atoms with Crippen LogP contribution >= 0.6 is 0 Å². The molecule has 1 unspecified atom stereocenters. The van der Waals surface area contributed by atoms with Gasteiger partial charge >= 0.3 is 0 Å². The van der Waals surface area contributed by atoms with E-state index in [-0.39, 0.29) is 24.8 Å². The minimum atomic E-state index is -0.451. The summed E-state index contributed by atoms with van der Waals surface area (Å²) in [6.45, 7) is 4.32. The van der Waals surface area contributed by atoms with Gasteiger partial charge in [0.15, 0.2) is 0 Å².